The quantitative estimate of drug-likeness (QED) is 0.910. The van der Waals surface area contributed by atoms with E-state index in [0.29, 0.717) is 5.82 Å². The van der Waals surface area contributed by atoms with E-state index in [1.54, 1.807) is 14.1 Å². The van der Waals surface area contributed by atoms with Gasteiger partial charge < -0.3 is 9.80 Å². The lowest BCUT2D eigenvalue weighted by Gasteiger charge is -2.09. The summed E-state index contributed by atoms with van der Waals surface area (Å²) < 4.78 is 0. The number of rotatable bonds is 4. The predicted molar refractivity (Wildman–Crippen MR) is 77.2 cm³/mol. The molecule has 1 N–H and O–H groups in total. The molecule has 2 aromatic rings. The molecule has 6 heteroatoms. The van der Waals surface area contributed by atoms with Crippen LogP contribution in [-0.2, 0) is 6.54 Å². The summed E-state index contributed by atoms with van der Waals surface area (Å²) in [7, 11) is 7.42. The Morgan fingerprint density at radius 3 is 2.35 bits per heavy atom. The van der Waals surface area contributed by atoms with Crippen LogP contribution < -0.4 is 0 Å². The van der Waals surface area contributed by atoms with E-state index < -0.39 is 0 Å². The first-order chi connectivity index (χ1) is 9.47. The fraction of sp³-hybridized carbons (Fsp3) is 0.357. The Morgan fingerprint density at radius 2 is 1.80 bits per heavy atom. The van der Waals surface area contributed by atoms with Crippen molar-refractivity contribution in [1.29, 1.82) is 0 Å². The van der Waals surface area contributed by atoms with Crippen LogP contribution in [0.4, 0.5) is 0 Å². The van der Waals surface area contributed by atoms with Crippen LogP contribution >= 0.6 is 0 Å². The zero-order valence-corrected chi connectivity index (χ0v) is 12.2. The van der Waals surface area contributed by atoms with Gasteiger partial charge in [0, 0.05) is 26.2 Å². The molecule has 0 aliphatic heterocycles. The van der Waals surface area contributed by atoms with Gasteiger partial charge in [0.15, 0.2) is 5.82 Å². The summed E-state index contributed by atoms with van der Waals surface area (Å²) in [6.45, 7) is 0.888. The molecule has 0 aliphatic carbocycles. The second-order valence-corrected chi connectivity index (χ2v) is 5.14. The molecule has 0 saturated heterocycles. The smallest absolute Gasteiger partial charge is 0.290 e. The minimum atomic E-state index is -0.187. The van der Waals surface area contributed by atoms with Gasteiger partial charge >= 0.3 is 0 Å². The van der Waals surface area contributed by atoms with Crippen LogP contribution in [0.15, 0.2) is 24.3 Å². The third-order valence-corrected chi connectivity index (χ3v) is 2.81. The van der Waals surface area contributed by atoms with Gasteiger partial charge in [-0.15, -0.1) is 0 Å². The first kappa shape index (κ1) is 14.2. The predicted octanol–water partition coefficient (Wildman–Crippen LogP) is 1.24. The first-order valence-corrected chi connectivity index (χ1v) is 6.35. The highest BCUT2D eigenvalue weighted by Crippen LogP contribution is 2.16. The molecule has 1 amide bonds. The summed E-state index contributed by atoms with van der Waals surface area (Å²) in [6.07, 6.45) is 0. The molecule has 0 radical (unpaired) electrons. The molecule has 6 nitrogen and oxygen atoms in total. The van der Waals surface area contributed by atoms with E-state index in [4.69, 9.17) is 0 Å². The largest absolute Gasteiger partial charge is 0.342 e. The molecule has 20 heavy (non-hydrogen) atoms. The molecule has 106 valence electrons. The zero-order valence-electron chi connectivity index (χ0n) is 12.2. The van der Waals surface area contributed by atoms with Gasteiger partial charge in [0.2, 0.25) is 5.82 Å². The minimum absolute atomic E-state index is 0.187. The van der Waals surface area contributed by atoms with Crippen molar-refractivity contribution < 1.29 is 4.79 Å². The van der Waals surface area contributed by atoms with Gasteiger partial charge in [0.05, 0.1) is 0 Å². The lowest BCUT2D eigenvalue weighted by atomic mass is 10.1. The average molecular weight is 273 g/mol. The number of hydrogen-bond donors (Lipinski definition) is 1. The van der Waals surface area contributed by atoms with Gasteiger partial charge in [-0.2, -0.15) is 5.10 Å². The van der Waals surface area contributed by atoms with Crippen molar-refractivity contribution in [3.8, 4) is 11.4 Å². The van der Waals surface area contributed by atoms with Gasteiger partial charge in [-0.3, -0.25) is 9.89 Å². The van der Waals surface area contributed by atoms with E-state index in [-0.39, 0.29) is 11.7 Å². The van der Waals surface area contributed by atoms with E-state index in [2.05, 4.69) is 20.1 Å². The third kappa shape index (κ3) is 3.21. The Kier molecular flexibility index (Phi) is 4.14. The van der Waals surface area contributed by atoms with Crippen molar-refractivity contribution in [2.45, 2.75) is 6.54 Å². The molecule has 0 unspecified atom stereocenters. The van der Waals surface area contributed by atoms with Crippen LogP contribution in [0, 0.1) is 0 Å². The monoisotopic (exact) mass is 273 g/mol. The second-order valence-electron chi connectivity index (χ2n) is 5.14. The van der Waals surface area contributed by atoms with Crippen molar-refractivity contribution in [1.82, 2.24) is 25.0 Å². The second kappa shape index (κ2) is 5.83. The number of carbonyl (C=O) groups excluding carboxylic acids is 1. The summed E-state index contributed by atoms with van der Waals surface area (Å²) in [5.41, 5.74) is 2.11. The minimum Gasteiger partial charge on any atom is -0.342 e. The average Bonchev–Trinajstić information content (AvgIpc) is 2.87. The molecule has 0 spiro atoms. The van der Waals surface area contributed by atoms with Crippen LogP contribution in [-0.4, -0.2) is 59.1 Å². The maximum absolute atomic E-state index is 11.8. The number of nitrogens with one attached hydrogen (secondary N) is 1. The van der Waals surface area contributed by atoms with Crippen molar-refractivity contribution in [3.05, 3.63) is 35.7 Å². The van der Waals surface area contributed by atoms with Crippen LogP contribution in [0.2, 0.25) is 0 Å². The van der Waals surface area contributed by atoms with Gasteiger partial charge in [-0.1, -0.05) is 24.3 Å². The third-order valence-electron chi connectivity index (χ3n) is 2.81. The van der Waals surface area contributed by atoms with Crippen LogP contribution in [0.25, 0.3) is 11.4 Å². The Balaban J connectivity index is 2.18. The molecule has 1 aromatic carbocycles. The molecule has 0 bridgehead atoms. The number of aromatic amines is 1. The van der Waals surface area contributed by atoms with Crippen LogP contribution in [0.1, 0.15) is 16.2 Å². The number of benzene rings is 1. The molecule has 0 saturated carbocycles. The van der Waals surface area contributed by atoms with E-state index in [1.807, 2.05) is 38.4 Å². The number of carbonyl (C=O) groups is 1. The lowest BCUT2D eigenvalue weighted by molar-refractivity contribution is 0.0816. The maximum atomic E-state index is 11.8. The van der Waals surface area contributed by atoms with E-state index in [0.717, 1.165) is 12.1 Å². The first-order valence-electron chi connectivity index (χ1n) is 6.35. The number of nitrogens with zero attached hydrogens (tertiary/aromatic N) is 4. The highest BCUT2D eigenvalue weighted by atomic mass is 16.2. The topological polar surface area (TPSA) is 65.1 Å². The number of H-pyrrole nitrogens is 1. The Hall–Kier alpha value is -2.21. The lowest BCUT2D eigenvalue weighted by Crippen LogP contribution is -2.22. The molecular weight excluding hydrogens is 254 g/mol. The highest BCUT2D eigenvalue weighted by molar-refractivity contribution is 5.90. The molecule has 1 heterocycles. The Bertz CT molecular complexity index is 586. The van der Waals surface area contributed by atoms with Crippen LogP contribution in [0.5, 0.6) is 0 Å². The SMILES string of the molecule is CN(C)Cc1ccc(-c2n[nH]c(C(=O)N(C)C)n2)cc1. The Morgan fingerprint density at radius 1 is 1.15 bits per heavy atom. The standard InChI is InChI=1S/C14H19N5O/c1-18(2)9-10-5-7-11(8-6-10)12-15-13(17-16-12)14(20)19(3)4/h5-8H,9H2,1-4H3,(H,15,16,17). The maximum Gasteiger partial charge on any atom is 0.290 e. The number of aromatic nitrogens is 3. The van der Waals surface area contributed by atoms with Crippen molar-refractivity contribution >= 4 is 5.91 Å². The van der Waals surface area contributed by atoms with Gasteiger partial charge in [0.1, 0.15) is 0 Å². The summed E-state index contributed by atoms with van der Waals surface area (Å²) in [5.74, 6) is 0.599. The number of hydrogen-bond acceptors (Lipinski definition) is 4. The summed E-state index contributed by atoms with van der Waals surface area (Å²) in [4.78, 5) is 19.5. The van der Waals surface area contributed by atoms with E-state index >= 15 is 0 Å². The van der Waals surface area contributed by atoms with Gasteiger partial charge in [-0.25, -0.2) is 4.98 Å². The van der Waals surface area contributed by atoms with Crippen LogP contribution in [0.3, 0.4) is 0 Å². The summed E-state index contributed by atoms with van der Waals surface area (Å²) in [5, 5.41) is 6.76. The fourth-order valence-electron chi connectivity index (χ4n) is 1.82. The molecule has 0 aliphatic rings. The normalized spacial score (nSPS) is 10.8. The molecule has 2 rings (SSSR count). The molecule has 0 atom stereocenters. The fourth-order valence-corrected chi connectivity index (χ4v) is 1.82. The number of amides is 1. The van der Waals surface area contributed by atoms with Gasteiger partial charge in [0.25, 0.3) is 5.91 Å². The summed E-state index contributed by atoms with van der Waals surface area (Å²) in [6, 6.07) is 8.01. The summed E-state index contributed by atoms with van der Waals surface area (Å²) >= 11 is 0. The zero-order chi connectivity index (χ0) is 14.7. The van der Waals surface area contributed by atoms with Crippen molar-refractivity contribution in [3.63, 3.8) is 0 Å². The van der Waals surface area contributed by atoms with E-state index in [9.17, 15) is 4.79 Å². The molecular formula is C14H19N5O. The van der Waals surface area contributed by atoms with Gasteiger partial charge in [-0.05, 0) is 19.7 Å². The highest BCUT2D eigenvalue weighted by Gasteiger charge is 2.14. The van der Waals surface area contributed by atoms with Crippen molar-refractivity contribution in [2.75, 3.05) is 28.2 Å². The molecule has 0 fully saturated rings. The van der Waals surface area contributed by atoms with E-state index in [1.165, 1.54) is 10.5 Å². The van der Waals surface area contributed by atoms with Crippen molar-refractivity contribution in [2.24, 2.45) is 0 Å². The Labute approximate surface area is 118 Å². The molecule has 1 aromatic heterocycles.